The first-order valence-electron chi connectivity index (χ1n) is 5.64. The van der Waals surface area contributed by atoms with Gasteiger partial charge in [0, 0.05) is 6.07 Å². The predicted molar refractivity (Wildman–Crippen MR) is 71.3 cm³/mol. The average molecular weight is 283 g/mol. The molecule has 0 saturated heterocycles. The zero-order chi connectivity index (χ0) is 14.2. The maximum Gasteiger partial charge on any atom is 0.329 e. The maximum atomic E-state index is 13.5. The number of aromatic nitrogens is 2. The van der Waals surface area contributed by atoms with E-state index in [0.29, 0.717) is 16.7 Å². The summed E-state index contributed by atoms with van der Waals surface area (Å²) in [4.78, 5) is 25.7. The molecule has 0 aliphatic carbocycles. The monoisotopic (exact) mass is 282 g/mol. The summed E-state index contributed by atoms with van der Waals surface area (Å²) in [6, 6.07) is 4.36. The number of hydrogen-bond acceptors (Lipinski definition) is 2. The molecule has 4 nitrogen and oxygen atoms in total. The summed E-state index contributed by atoms with van der Waals surface area (Å²) in [5.41, 5.74) is 0.568. The van der Waals surface area contributed by atoms with Crippen LogP contribution in [0.15, 0.2) is 27.8 Å². The number of halogens is 2. The predicted octanol–water partition coefficient (Wildman–Crippen LogP) is 1.99. The van der Waals surface area contributed by atoms with Crippen molar-refractivity contribution < 1.29 is 4.39 Å². The van der Waals surface area contributed by atoms with Gasteiger partial charge >= 0.3 is 5.69 Å². The van der Waals surface area contributed by atoms with Crippen LogP contribution >= 0.6 is 11.6 Å². The average Bonchev–Trinajstić information content (AvgIpc) is 2.30. The van der Waals surface area contributed by atoms with Gasteiger partial charge in [-0.05, 0) is 30.5 Å². The van der Waals surface area contributed by atoms with Gasteiger partial charge in [0.1, 0.15) is 11.0 Å². The lowest BCUT2D eigenvalue weighted by Crippen LogP contribution is -2.34. The van der Waals surface area contributed by atoms with Crippen molar-refractivity contribution in [1.82, 2.24) is 9.55 Å². The number of aromatic amines is 1. The maximum absolute atomic E-state index is 13.5. The van der Waals surface area contributed by atoms with Crippen LogP contribution in [0, 0.1) is 19.7 Å². The number of nitrogens with one attached hydrogen (secondary N) is 1. The fourth-order valence-electron chi connectivity index (χ4n) is 1.95. The largest absolute Gasteiger partial charge is 0.329 e. The highest BCUT2D eigenvalue weighted by Gasteiger charge is 2.08. The second-order valence-electron chi connectivity index (χ2n) is 4.39. The normalized spacial score (nSPS) is 10.7. The summed E-state index contributed by atoms with van der Waals surface area (Å²) >= 11 is 5.58. The lowest BCUT2D eigenvalue weighted by atomic mass is 10.1. The summed E-state index contributed by atoms with van der Waals surface area (Å²) < 4.78 is 14.5. The zero-order valence-corrected chi connectivity index (χ0v) is 11.2. The second-order valence-corrected chi connectivity index (χ2v) is 4.80. The number of hydrogen-bond donors (Lipinski definition) is 1. The molecular formula is C13H12ClFN2O2. The van der Waals surface area contributed by atoms with Crippen LogP contribution in [0.5, 0.6) is 0 Å². The molecule has 1 aromatic carbocycles. The number of rotatable bonds is 2. The minimum absolute atomic E-state index is 0.00211. The van der Waals surface area contributed by atoms with Crippen LogP contribution < -0.4 is 11.2 Å². The first kappa shape index (κ1) is 13.5. The Morgan fingerprint density at radius 1 is 1.21 bits per heavy atom. The molecular weight excluding hydrogens is 271 g/mol. The van der Waals surface area contributed by atoms with E-state index in [1.165, 1.54) is 0 Å². The van der Waals surface area contributed by atoms with Crippen molar-refractivity contribution in [3.05, 3.63) is 66.7 Å². The molecule has 0 fully saturated rings. The van der Waals surface area contributed by atoms with E-state index in [0.717, 1.165) is 10.6 Å². The van der Waals surface area contributed by atoms with Gasteiger partial charge in [0.2, 0.25) is 0 Å². The van der Waals surface area contributed by atoms with Crippen LogP contribution in [0.1, 0.15) is 16.7 Å². The Bertz CT molecular complexity index is 695. The quantitative estimate of drug-likeness (QED) is 0.857. The van der Waals surface area contributed by atoms with Gasteiger partial charge in [-0.1, -0.05) is 23.7 Å². The van der Waals surface area contributed by atoms with Crippen molar-refractivity contribution >= 4 is 11.6 Å². The number of nitrogens with zero attached hydrogens (tertiary/aromatic N) is 1. The molecule has 100 valence electrons. The third-order valence-electron chi connectivity index (χ3n) is 2.82. The third kappa shape index (κ3) is 2.76. The number of aryl methyl sites for hydroxylation is 2. The highest BCUT2D eigenvalue weighted by atomic mass is 35.5. The molecule has 0 radical (unpaired) electrons. The van der Waals surface area contributed by atoms with Crippen molar-refractivity contribution in [3.8, 4) is 0 Å². The van der Waals surface area contributed by atoms with Gasteiger partial charge in [0.05, 0.1) is 6.54 Å². The molecule has 0 amide bonds. The highest BCUT2D eigenvalue weighted by molar-refractivity contribution is 6.29. The number of H-pyrrole nitrogens is 1. The molecule has 1 aromatic heterocycles. The topological polar surface area (TPSA) is 54.9 Å². The second kappa shape index (κ2) is 5.01. The van der Waals surface area contributed by atoms with Crippen LogP contribution in [-0.4, -0.2) is 9.55 Å². The standard InChI is InChI=1S/C13H12ClFN2O2/c1-7-3-9(4-8(2)12(7)15)6-17-11(18)5-10(14)16-13(17)19/h3-5H,6H2,1-2H3,(H,16,19). The van der Waals surface area contributed by atoms with E-state index in [1.54, 1.807) is 26.0 Å². The molecule has 1 heterocycles. The molecule has 1 N–H and O–H groups in total. The Kier molecular flexibility index (Phi) is 3.57. The SMILES string of the molecule is Cc1cc(Cn2c(=O)cc(Cl)[nH]c2=O)cc(C)c1F. The van der Waals surface area contributed by atoms with Crippen LogP contribution in [0.4, 0.5) is 4.39 Å². The summed E-state index contributed by atoms with van der Waals surface area (Å²) in [6.45, 7) is 3.36. The smallest absolute Gasteiger partial charge is 0.298 e. The van der Waals surface area contributed by atoms with Crippen molar-refractivity contribution in [2.75, 3.05) is 0 Å². The van der Waals surface area contributed by atoms with Crippen molar-refractivity contribution in [1.29, 1.82) is 0 Å². The summed E-state index contributed by atoms with van der Waals surface area (Å²) in [5, 5.41) is -0.00211. The van der Waals surface area contributed by atoms with E-state index in [-0.39, 0.29) is 17.5 Å². The summed E-state index contributed by atoms with van der Waals surface area (Å²) in [6.07, 6.45) is 0. The zero-order valence-electron chi connectivity index (χ0n) is 10.5. The molecule has 0 saturated carbocycles. The van der Waals surface area contributed by atoms with Gasteiger partial charge in [-0.25, -0.2) is 9.18 Å². The van der Waals surface area contributed by atoms with E-state index in [9.17, 15) is 14.0 Å². The van der Waals surface area contributed by atoms with Gasteiger partial charge in [-0.2, -0.15) is 0 Å². The van der Waals surface area contributed by atoms with Crippen molar-refractivity contribution in [2.45, 2.75) is 20.4 Å². The molecule has 6 heteroatoms. The van der Waals surface area contributed by atoms with Gasteiger partial charge in [0.15, 0.2) is 0 Å². The Labute approximate surface area is 113 Å². The molecule has 0 spiro atoms. The third-order valence-corrected chi connectivity index (χ3v) is 3.03. The lowest BCUT2D eigenvalue weighted by molar-refractivity contribution is 0.606. The molecule has 0 aliphatic heterocycles. The van der Waals surface area contributed by atoms with E-state index in [4.69, 9.17) is 11.6 Å². The van der Waals surface area contributed by atoms with Crippen LogP contribution in [0.3, 0.4) is 0 Å². The van der Waals surface area contributed by atoms with Gasteiger partial charge in [-0.3, -0.25) is 14.3 Å². The molecule has 0 atom stereocenters. The van der Waals surface area contributed by atoms with E-state index < -0.39 is 11.2 Å². The van der Waals surface area contributed by atoms with Crippen LogP contribution in [0.25, 0.3) is 0 Å². The lowest BCUT2D eigenvalue weighted by Gasteiger charge is -2.08. The van der Waals surface area contributed by atoms with Crippen molar-refractivity contribution in [3.63, 3.8) is 0 Å². The van der Waals surface area contributed by atoms with Gasteiger partial charge < -0.3 is 0 Å². The van der Waals surface area contributed by atoms with E-state index >= 15 is 0 Å². The summed E-state index contributed by atoms with van der Waals surface area (Å²) in [7, 11) is 0. The number of benzene rings is 1. The van der Waals surface area contributed by atoms with E-state index in [1.807, 2.05) is 0 Å². The van der Waals surface area contributed by atoms with Crippen molar-refractivity contribution in [2.24, 2.45) is 0 Å². The Morgan fingerprint density at radius 3 is 2.32 bits per heavy atom. The fraction of sp³-hybridized carbons (Fsp3) is 0.231. The fourth-order valence-corrected chi connectivity index (χ4v) is 2.13. The Hall–Kier alpha value is -1.88. The highest BCUT2D eigenvalue weighted by Crippen LogP contribution is 2.14. The van der Waals surface area contributed by atoms with Gasteiger partial charge in [0.25, 0.3) is 5.56 Å². The summed E-state index contributed by atoms with van der Waals surface area (Å²) in [5.74, 6) is -0.277. The first-order chi connectivity index (χ1) is 8.88. The molecule has 2 aromatic rings. The van der Waals surface area contributed by atoms with Crippen LogP contribution in [-0.2, 0) is 6.54 Å². The molecule has 2 rings (SSSR count). The molecule has 0 aliphatic rings. The molecule has 0 unspecified atom stereocenters. The van der Waals surface area contributed by atoms with Crippen LogP contribution in [0.2, 0.25) is 5.15 Å². The molecule has 19 heavy (non-hydrogen) atoms. The van der Waals surface area contributed by atoms with E-state index in [2.05, 4.69) is 4.98 Å². The minimum Gasteiger partial charge on any atom is -0.298 e. The first-order valence-corrected chi connectivity index (χ1v) is 6.01. The Balaban J connectivity index is 2.48. The minimum atomic E-state index is -0.586. The Morgan fingerprint density at radius 2 is 1.79 bits per heavy atom. The molecule has 0 bridgehead atoms. The van der Waals surface area contributed by atoms with Gasteiger partial charge in [-0.15, -0.1) is 0 Å².